The van der Waals surface area contributed by atoms with E-state index >= 15 is 0 Å². The van der Waals surface area contributed by atoms with Gasteiger partial charge in [0, 0.05) is 25.8 Å². The zero-order valence-corrected chi connectivity index (χ0v) is 11.7. The van der Waals surface area contributed by atoms with Gasteiger partial charge in [0.05, 0.1) is 12.6 Å². The van der Waals surface area contributed by atoms with E-state index in [1.54, 1.807) is 4.90 Å². The molecule has 1 aliphatic heterocycles. The van der Waals surface area contributed by atoms with Gasteiger partial charge in [0.2, 0.25) is 5.91 Å². The standard InChI is InChI=1S/C15H22N2O2/c1-3-14(18)12-5-7-13(8-6-12)17-10-4-9-16(2)15(19)11-17/h5-8,14,18H,3-4,9-11H2,1-2H3. The Balaban J connectivity index is 2.11. The lowest BCUT2D eigenvalue weighted by molar-refractivity contribution is -0.127. The van der Waals surface area contributed by atoms with E-state index < -0.39 is 6.10 Å². The van der Waals surface area contributed by atoms with Crippen molar-refractivity contribution in [1.29, 1.82) is 0 Å². The SMILES string of the molecule is CCC(O)c1ccc(N2CCCN(C)C(=O)C2)cc1. The second kappa shape index (κ2) is 6.06. The summed E-state index contributed by atoms with van der Waals surface area (Å²) in [7, 11) is 1.85. The number of nitrogens with zero attached hydrogens (tertiary/aromatic N) is 2. The smallest absolute Gasteiger partial charge is 0.241 e. The van der Waals surface area contributed by atoms with Gasteiger partial charge in [-0.3, -0.25) is 4.79 Å². The maximum Gasteiger partial charge on any atom is 0.241 e. The van der Waals surface area contributed by atoms with E-state index in [2.05, 4.69) is 4.90 Å². The molecule has 1 aromatic carbocycles. The quantitative estimate of drug-likeness (QED) is 0.903. The minimum Gasteiger partial charge on any atom is -0.388 e. The van der Waals surface area contributed by atoms with Crippen molar-refractivity contribution in [3.63, 3.8) is 0 Å². The lowest BCUT2D eigenvalue weighted by atomic mass is 10.1. The van der Waals surface area contributed by atoms with E-state index in [1.165, 1.54) is 0 Å². The number of benzene rings is 1. The first-order valence-corrected chi connectivity index (χ1v) is 6.88. The number of hydrogen-bond donors (Lipinski definition) is 1. The molecule has 1 aromatic rings. The molecule has 0 bridgehead atoms. The van der Waals surface area contributed by atoms with Crippen LogP contribution in [0.3, 0.4) is 0 Å². The minimum atomic E-state index is -0.397. The Hall–Kier alpha value is -1.55. The lowest BCUT2D eigenvalue weighted by Gasteiger charge is -2.22. The first kappa shape index (κ1) is 13.9. The molecule has 0 aromatic heterocycles. The van der Waals surface area contributed by atoms with Crippen LogP contribution in [0.2, 0.25) is 0 Å². The first-order chi connectivity index (χ1) is 9.11. The Morgan fingerprint density at radius 3 is 2.58 bits per heavy atom. The molecule has 1 fully saturated rings. The van der Waals surface area contributed by atoms with Gasteiger partial charge in [-0.25, -0.2) is 0 Å². The molecule has 104 valence electrons. The summed E-state index contributed by atoms with van der Waals surface area (Å²) < 4.78 is 0. The molecule has 2 rings (SSSR count). The van der Waals surface area contributed by atoms with Crippen LogP contribution in [0.15, 0.2) is 24.3 Å². The molecule has 19 heavy (non-hydrogen) atoms. The average molecular weight is 262 g/mol. The Morgan fingerprint density at radius 2 is 1.95 bits per heavy atom. The van der Waals surface area contributed by atoms with Crippen LogP contribution in [0.5, 0.6) is 0 Å². The molecule has 1 saturated heterocycles. The molecule has 1 amide bonds. The maximum atomic E-state index is 11.9. The summed E-state index contributed by atoms with van der Waals surface area (Å²) in [6.45, 7) is 4.11. The van der Waals surface area contributed by atoms with E-state index in [9.17, 15) is 9.90 Å². The number of hydrogen-bond acceptors (Lipinski definition) is 3. The molecule has 0 spiro atoms. The number of carbonyl (C=O) groups excluding carboxylic acids is 1. The Kier molecular flexibility index (Phi) is 4.43. The first-order valence-electron chi connectivity index (χ1n) is 6.88. The van der Waals surface area contributed by atoms with Gasteiger partial charge in [0.15, 0.2) is 0 Å². The van der Waals surface area contributed by atoms with E-state index in [1.807, 2.05) is 38.2 Å². The van der Waals surface area contributed by atoms with Crippen LogP contribution in [0.4, 0.5) is 5.69 Å². The van der Waals surface area contributed by atoms with Crippen molar-refractivity contribution in [3.05, 3.63) is 29.8 Å². The Labute approximate surface area is 114 Å². The molecule has 0 saturated carbocycles. The number of aliphatic hydroxyl groups is 1. The fourth-order valence-corrected chi connectivity index (χ4v) is 2.35. The third-order valence-corrected chi connectivity index (χ3v) is 3.70. The second-order valence-corrected chi connectivity index (χ2v) is 5.11. The van der Waals surface area contributed by atoms with Crippen molar-refractivity contribution in [1.82, 2.24) is 4.90 Å². The van der Waals surface area contributed by atoms with E-state index in [0.717, 1.165) is 30.8 Å². The van der Waals surface area contributed by atoms with Crippen LogP contribution in [0.25, 0.3) is 0 Å². The number of rotatable bonds is 3. The van der Waals surface area contributed by atoms with E-state index in [4.69, 9.17) is 0 Å². The predicted molar refractivity (Wildman–Crippen MR) is 76.2 cm³/mol. The number of likely N-dealkylation sites (N-methyl/N-ethyl adjacent to an activating group) is 1. The molecule has 1 aliphatic rings. The highest BCUT2D eigenvalue weighted by molar-refractivity contribution is 5.81. The molecule has 0 radical (unpaired) electrons. The fourth-order valence-electron chi connectivity index (χ4n) is 2.35. The van der Waals surface area contributed by atoms with Crippen molar-refractivity contribution >= 4 is 11.6 Å². The van der Waals surface area contributed by atoms with Gasteiger partial charge >= 0.3 is 0 Å². The molecule has 1 heterocycles. The van der Waals surface area contributed by atoms with Crippen molar-refractivity contribution in [2.24, 2.45) is 0 Å². The predicted octanol–water partition coefficient (Wildman–Crippen LogP) is 1.80. The number of anilines is 1. The third-order valence-electron chi connectivity index (χ3n) is 3.70. The zero-order valence-electron chi connectivity index (χ0n) is 11.7. The highest BCUT2D eigenvalue weighted by Gasteiger charge is 2.19. The van der Waals surface area contributed by atoms with Gasteiger partial charge in [-0.15, -0.1) is 0 Å². The van der Waals surface area contributed by atoms with Gasteiger partial charge in [-0.1, -0.05) is 19.1 Å². The summed E-state index contributed by atoms with van der Waals surface area (Å²) in [6, 6.07) is 7.88. The Bertz CT molecular complexity index is 430. The molecule has 1 N–H and O–H groups in total. The second-order valence-electron chi connectivity index (χ2n) is 5.11. The molecule has 1 atom stereocenters. The summed E-state index contributed by atoms with van der Waals surface area (Å²) in [4.78, 5) is 15.8. The molecular formula is C15H22N2O2. The van der Waals surface area contributed by atoms with Crippen LogP contribution in [0, 0.1) is 0 Å². The molecule has 4 heteroatoms. The summed E-state index contributed by atoms with van der Waals surface area (Å²) in [5.41, 5.74) is 1.99. The largest absolute Gasteiger partial charge is 0.388 e. The minimum absolute atomic E-state index is 0.162. The van der Waals surface area contributed by atoms with Crippen LogP contribution in [0.1, 0.15) is 31.4 Å². The zero-order chi connectivity index (χ0) is 13.8. The highest BCUT2D eigenvalue weighted by atomic mass is 16.3. The van der Waals surface area contributed by atoms with Gasteiger partial charge in [-0.05, 0) is 30.5 Å². The average Bonchev–Trinajstić information content (AvgIpc) is 2.60. The number of aliphatic hydroxyl groups excluding tert-OH is 1. The molecule has 0 aliphatic carbocycles. The van der Waals surface area contributed by atoms with Crippen LogP contribution >= 0.6 is 0 Å². The molecule has 4 nitrogen and oxygen atoms in total. The number of carbonyl (C=O) groups is 1. The van der Waals surface area contributed by atoms with Crippen molar-refractivity contribution in [3.8, 4) is 0 Å². The summed E-state index contributed by atoms with van der Waals surface area (Å²) in [6.07, 6.45) is 1.31. The molecular weight excluding hydrogens is 240 g/mol. The van der Waals surface area contributed by atoms with Crippen LogP contribution in [-0.4, -0.2) is 42.6 Å². The van der Waals surface area contributed by atoms with Crippen molar-refractivity contribution in [2.75, 3.05) is 31.6 Å². The highest BCUT2D eigenvalue weighted by Crippen LogP contribution is 2.22. The topological polar surface area (TPSA) is 43.8 Å². The lowest BCUT2D eigenvalue weighted by Crippen LogP contribution is -2.34. The van der Waals surface area contributed by atoms with Crippen LogP contribution < -0.4 is 4.90 Å². The number of amides is 1. The van der Waals surface area contributed by atoms with E-state index in [-0.39, 0.29) is 5.91 Å². The monoisotopic (exact) mass is 262 g/mol. The summed E-state index contributed by atoms with van der Waals surface area (Å²) in [5.74, 6) is 0.162. The normalized spacial score (nSPS) is 18.4. The van der Waals surface area contributed by atoms with Crippen LogP contribution in [-0.2, 0) is 4.79 Å². The van der Waals surface area contributed by atoms with Gasteiger partial charge in [0.25, 0.3) is 0 Å². The summed E-state index contributed by atoms with van der Waals surface area (Å²) in [5, 5.41) is 9.78. The van der Waals surface area contributed by atoms with Gasteiger partial charge in [-0.2, -0.15) is 0 Å². The van der Waals surface area contributed by atoms with E-state index in [0.29, 0.717) is 13.0 Å². The van der Waals surface area contributed by atoms with Gasteiger partial charge in [0.1, 0.15) is 0 Å². The molecule has 1 unspecified atom stereocenters. The fraction of sp³-hybridized carbons (Fsp3) is 0.533. The van der Waals surface area contributed by atoms with Crippen molar-refractivity contribution < 1.29 is 9.90 Å². The van der Waals surface area contributed by atoms with Gasteiger partial charge < -0.3 is 14.9 Å². The Morgan fingerprint density at radius 1 is 1.26 bits per heavy atom. The maximum absolute atomic E-state index is 11.9. The summed E-state index contributed by atoms with van der Waals surface area (Å²) >= 11 is 0. The third kappa shape index (κ3) is 3.26. The van der Waals surface area contributed by atoms with Crippen molar-refractivity contribution in [2.45, 2.75) is 25.9 Å².